The SMILES string of the molecule is CC(C)Oc1cc(NCC2(O)CCCC2)c(N)cc1F. The fraction of sp³-hybridized carbons (Fsp3) is 0.600. The Morgan fingerprint density at radius 3 is 2.65 bits per heavy atom. The summed E-state index contributed by atoms with van der Waals surface area (Å²) in [6.07, 6.45) is 3.55. The summed E-state index contributed by atoms with van der Waals surface area (Å²) in [5, 5.41) is 13.4. The molecular weight excluding hydrogens is 259 g/mol. The normalized spacial score (nSPS) is 17.4. The summed E-state index contributed by atoms with van der Waals surface area (Å²) in [6.45, 7) is 4.10. The van der Waals surface area contributed by atoms with Gasteiger partial charge in [-0.05, 0) is 26.7 Å². The van der Waals surface area contributed by atoms with Gasteiger partial charge in [-0.3, -0.25) is 0 Å². The lowest BCUT2D eigenvalue weighted by molar-refractivity contribution is 0.0615. The van der Waals surface area contributed by atoms with Crippen LogP contribution in [0.5, 0.6) is 5.75 Å². The van der Waals surface area contributed by atoms with E-state index in [0.717, 1.165) is 25.7 Å². The highest BCUT2D eigenvalue weighted by molar-refractivity contribution is 5.68. The van der Waals surface area contributed by atoms with Crippen LogP contribution in [0.4, 0.5) is 15.8 Å². The molecule has 0 amide bonds. The van der Waals surface area contributed by atoms with E-state index in [2.05, 4.69) is 5.32 Å². The number of hydrogen-bond acceptors (Lipinski definition) is 4. The van der Waals surface area contributed by atoms with Gasteiger partial charge in [0.2, 0.25) is 0 Å². The van der Waals surface area contributed by atoms with Gasteiger partial charge < -0.3 is 20.9 Å². The second kappa shape index (κ2) is 5.87. The van der Waals surface area contributed by atoms with Crippen LogP contribution in [0.25, 0.3) is 0 Å². The van der Waals surface area contributed by atoms with E-state index in [1.165, 1.54) is 6.07 Å². The maximum atomic E-state index is 13.7. The smallest absolute Gasteiger partial charge is 0.167 e. The van der Waals surface area contributed by atoms with Gasteiger partial charge in [0.1, 0.15) is 0 Å². The van der Waals surface area contributed by atoms with Crippen molar-refractivity contribution in [2.24, 2.45) is 0 Å². The molecule has 112 valence electrons. The quantitative estimate of drug-likeness (QED) is 0.726. The summed E-state index contributed by atoms with van der Waals surface area (Å²) in [5.41, 5.74) is 6.05. The highest BCUT2D eigenvalue weighted by Gasteiger charge is 2.30. The van der Waals surface area contributed by atoms with E-state index in [1.54, 1.807) is 6.07 Å². The molecule has 1 aromatic carbocycles. The molecule has 5 heteroatoms. The van der Waals surface area contributed by atoms with Gasteiger partial charge in [0, 0.05) is 18.7 Å². The second-order valence-electron chi connectivity index (χ2n) is 5.82. The van der Waals surface area contributed by atoms with Gasteiger partial charge in [-0.2, -0.15) is 0 Å². The molecule has 0 spiro atoms. The highest BCUT2D eigenvalue weighted by atomic mass is 19.1. The van der Waals surface area contributed by atoms with Gasteiger partial charge in [-0.1, -0.05) is 12.8 Å². The van der Waals surface area contributed by atoms with Gasteiger partial charge in [0.25, 0.3) is 0 Å². The van der Waals surface area contributed by atoms with Crippen molar-refractivity contribution in [2.75, 3.05) is 17.6 Å². The molecule has 0 saturated heterocycles. The molecule has 2 rings (SSSR count). The van der Waals surface area contributed by atoms with E-state index in [9.17, 15) is 9.50 Å². The molecule has 1 aliphatic rings. The van der Waals surface area contributed by atoms with Crippen LogP contribution in [0.1, 0.15) is 39.5 Å². The van der Waals surface area contributed by atoms with Gasteiger partial charge in [-0.25, -0.2) is 4.39 Å². The lowest BCUT2D eigenvalue weighted by atomic mass is 10.0. The molecule has 0 atom stereocenters. The topological polar surface area (TPSA) is 67.5 Å². The Morgan fingerprint density at radius 1 is 1.40 bits per heavy atom. The van der Waals surface area contributed by atoms with E-state index in [1.807, 2.05) is 13.8 Å². The van der Waals surface area contributed by atoms with Gasteiger partial charge in [0.15, 0.2) is 11.6 Å². The van der Waals surface area contributed by atoms with Crippen molar-refractivity contribution in [3.05, 3.63) is 17.9 Å². The lowest BCUT2D eigenvalue weighted by Crippen LogP contribution is -2.33. The first-order valence-electron chi connectivity index (χ1n) is 7.11. The minimum atomic E-state index is -0.681. The van der Waals surface area contributed by atoms with Crippen LogP contribution < -0.4 is 15.8 Å². The Hall–Kier alpha value is -1.49. The van der Waals surface area contributed by atoms with Crippen molar-refractivity contribution in [1.82, 2.24) is 0 Å². The zero-order valence-corrected chi connectivity index (χ0v) is 12.1. The first-order chi connectivity index (χ1) is 9.39. The average molecular weight is 282 g/mol. The van der Waals surface area contributed by atoms with Crippen molar-refractivity contribution in [1.29, 1.82) is 0 Å². The van der Waals surface area contributed by atoms with Crippen LogP contribution in [0.2, 0.25) is 0 Å². The van der Waals surface area contributed by atoms with Crippen LogP contribution in [-0.2, 0) is 0 Å². The van der Waals surface area contributed by atoms with Crippen LogP contribution in [0.15, 0.2) is 12.1 Å². The van der Waals surface area contributed by atoms with Crippen molar-refractivity contribution in [3.63, 3.8) is 0 Å². The van der Waals surface area contributed by atoms with Crippen molar-refractivity contribution >= 4 is 11.4 Å². The number of hydrogen-bond donors (Lipinski definition) is 3. The number of benzene rings is 1. The van der Waals surface area contributed by atoms with Crippen LogP contribution in [0.3, 0.4) is 0 Å². The van der Waals surface area contributed by atoms with Gasteiger partial charge in [-0.15, -0.1) is 0 Å². The Kier molecular flexibility index (Phi) is 4.38. The van der Waals surface area contributed by atoms with Crippen LogP contribution >= 0.6 is 0 Å². The zero-order chi connectivity index (χ0) is 14.8. The molecule has 0 aromatic heterocycles. The highest BCUT2D eigenvalue weighted by Crippen LogP contribution is 2.32. The number of ether oxygens (including phenoxy) is 1. The van der Waals surface area contributed by atoms with E-state index in [4.69, 9.17) is 10.5 Å². The first kappa shape index (κ1) is 14.9. The van der Waals surface area contributed by atoms with E-state index in [0.29, 0.717) is 17.9 Å². The fourth-order valence-electron chi connectivity index (χ4n) is 2.54. The molecule has 0 aliphatic heterocycles. The Morgan fingerprint density at radius 2 is 2.05 bits per heavy atom. The summed E-state index contributed by atoms with van der Waals surface area (Å²) in [7, 11) is 0. The molecule has 1 saturated carbocycles. The predicted molar refractivity (Wildman–Crippen MR) is 78.5 cm³/mol. The average Bonchev–Trinajstić information content (AvgIpc) is 2.78. The molecule has 4 N–H and O–H groups in total. The third-order valence-electron chi connectivity index (χ3n) is 3.61. The maximum absolute atomic E-state index is 13.7. The molecule has 1 aromatic rings. The van der Waals surface area contributed by atoms with E-state index >= 15 is 0 Å². The minimum Gasteiger partial charge on any atom is -0.488 e. The third-order valence-corrected chi connectivity index (χ3v) is 3.61. The summed E-state index contributed by atoms with van der Waals surface area (Å²) < 4.78 is 19.1. The standard InChI is InChI=1S/C15H23FN2O2/c1-10(2)20-14-8-13(12(17)7-11(14)16)18-9-15(19)5-3-4-6-15/h7-8,10,18-19H,3-6,9,17H2,1-2H3. The monoisotopic (exact) mass is 282 g/mol. The summed E-state index contributed by atoms with van der Waals surface area (Å²) in [6, 6.07) is 2.81. The Labute approximate surface area is 119 Å². The predicted octanol–water partition coefficient (Wildman–Crippen LogP) is 2.91. The zero-order valence-electron chi connectivity index (χ0n) is 12.1. The number of nitrogens with two attached hydrogens (primary N) is 1. The molecular formula is C15H23FN2O2. The largest absolute Gasteiger partial charge is 0.488 e. The molecule has 1 fully saturated rings. The van der Waals surface area contributed by atoms with Gasteiger partial charge in [0.05, 0.1) is 23.1 Å². The summed E-state index contributed by atoms with van der Waals surface area (Å²) in [5.74, 6) is -0.295. The number of nitrogen functional groups attached to an aromatic ring is 1. The molecule has 0 bridgehead atoms. The number of aliphatic hydroxyl groups is 1. The van der Waals surface area contributed by atoms with Crippen LogP contribution in [-0.4, -0.2) is 23.4 Å². The summed E-state index contributed by atoms with van der Waals surface area (Å²) >= 11 is 0. The van der Waals surface area contributed by atoms with E-state index < -0.39 is 11.4 Å². The molecule has 0 unspecified atom stereocenters. The molecule has 1 aliphatic carbocycles. The molecule has 4 nitrogen and oxygen atoms in total. The number of halogens is 1. The Balaban J connectivity index is 2.10. The summed E-state index contributed by atoms with van der Waals surface area (Å²) in [4.78, 5) is 0. The number of rotatable bonds is 5. The fourth-order valence-corrected chi connectivity index (χ4v) is 2.54. The maximum Gasteiger partial charge on any atom is 0.167 e. The molecule has 0 radical (unpaired) electrons. The lowest BCUT2D eigenvalue weighted by Gasteiger charge is -2.24. The third kappa shape index (κ3) is 3.54. The van der Waals surface area contributed by atoms with Crippen molar-refractivity contribution in [2.45, 2.75) is 51.2 Å². The first-order valence-corrected chi connectivity index (χ1v) is 7.11. The molecule has 20 heavy (non-hydrogen) atoms. The minimum absolute atomic E-state index is 0.111. The second-order valence-corrected chi connectivity index (χ2v) is 5.82. The molecule has 0 heterocycles. The van der Waals surface area contributed by atoms with Crippen molar-refractivity contribution in [3.8, 4) is 5.75 Å². The van der Waals surface area contributed by atoms with Gasteiger partial charge >= 0.3 is 0 Å². The number of anilines is 2. The number of nitrogens with one attached hydrogen (secondary N) is 1. The Bertz CT molecular complexity index is 471. The van der Waals surface area contributed by atoms with Crippen molar-refractivity contribution < 1.29 is 14.2 Å². The van der Waals surface area contributed by atoms with E-state index in [-0.39, 0.29) is 11.9 Å². The van der Waals surface area contributed by atoms with Crippen LogP contribution in [0, 0.1) is 5.82 Å².